The third-order valence-corrected chi connectivity index (χ3v) is 9.41. The van der Waals surface area contributed by atoms with Crippen molar-refractivity contribution in [3.05, 3.63) is 108 Å². The summed E-state index contributed by atoms with van der Waals surface area (Å²) in [5.41, 5.74) is 19.2. The van der Waals surface area contributed by atoms with Gasteiger partial charge in [-0.1, -0.05) is 62.4 Å². The molecule has 0 saturated heterocycles. The Hall–Kier alpha value is -6.58. The molecule has 1 heterocycles. The molecule has 15 nitrogen and oxygen atoms in total. The zero-order chi connectivity index (χ0) is 42.2. The third kappa shape index (κ3) is 13.9. The Balaban J connectivity index is 1.44. The fraction of sp³-hybridized carbons (Fsp3) is 0.357. The number of nitrogens with zero attached hydrogens (tertiary/aromatic N) is 1. The summed E-state index contributed by atoms with van der Waals surface area (Å²) in [5, 5.41) is 11.6. The van der Waals surface area contributed by atoms with Crippen LogP contribution in [0.5, 0.6) is 0 Å². The van der Waals surface area contributed by atoms with Crippen LogP contribution in [-0.2, 0) is 36.8 Å². The van der Waals surface area contributed by atoms with Crippen LogP contribution in [0.3, 0.4) is 0 Å². The molecule has 4 aromatic rings. The number of halogens is 1. The van der Waals surface area contributed by atoms with Crippen molar-refractivity contribution < 1.29 is 33.2 Å². The van der Waals surface area contributed by atoms with Crippen molar-refractivity contribution in [3.63, 3.8) is 0 Å². The van der Waals surface area contributed by atoms with Crippen molar-refractivity contribution in [3.8, 4) is 0 Å². The molecule has 0 aliphatic carbocycles. The largest absolute Gasteiger partial charge is 0.370 e. The molecule has 4 rings (SSSR count). The number of hydrogen-bond acceptors (Lipinski definition) is 7. The lowest BCUT2D eigenvalue weighted by Crippen LogP contribution is -2.54. The number of guanidine groups is 1. The first kappa shape index (κ1) is 44.1. The van der Waals surface area contributed by atoms with Crippen molar-refractivity contribution in [2.45, 2.75) is 70.5 Å². The van der Waals surface area contributed by atoms with Gasteiger partial charge in [0.25, 0.3) is 5.91 Å². The lowest BCUT2D eigenvalue weighted by molar-refractivity contribution is -0.134. The first-order chi connectivity index (χ1) is 27.7. The van der Waals surface area contributed by atoms with Gasteiger partial charge >= 0.3 is 0 Å². The Bertz CT molecular complexity index is 2070. The first-order valence-corrected chi connectivity index (χ1v) is 19.1. The maximum absolute atomic E-state index is 13.9. The van der Waals surface area contributed by atoms with Crippen molar-refractivity contribution in [2.24, 2.45) is 34.0 Å². The van der Waals surface area contributed by atoms with E-state index >= 15 is 0 Å². The summed E-state index contributed by atoms with van der Waals surface area (Å²) in [6.45, 7) is 3.49. The Morgan fingerprint density at radius 1 is 0.759 bits per heavy atom. The van der Waals surface area contributed by atoms with Crippen molar-refractivity contribution in [1.29, 1.82) is 0 Å². The van der Waals surface area contributed by atoms with E-state index in [1.807, 2.05) is 44.2 Å². The number of carbonyl (C=O) groups is 6. The number of aromatic amines is 1. The zero-order valence-electron chi connectivity index (χ0n) is 32.6. The van der Waals surface area contributed by atoms with Gasteiger partial charge in [-0.25, -0.2) is 4.39 Å². The topological polar surface area (TPSA) is 257 Å². The molecule has 16 heteroatoms. The number of aromatic nitrogens is 1. The van der Waals surface area contributed by atoms with Crippen LogP contribution in [0, 0.1) is 17.7 Å². The zero-order valence-corrected chi connectivity index (χ0v) is 32.6. The van der Waals surface area contributed by atoms with Crippen LogP contribution in [-0.4, -0.2) is 77.5 Å². The minimum absolute atomic E-state index is 0.0281. The molecule has 3 aromatic carbocycles. The highest BCUT2D eigenvalue weighted by molar-refractivity contribution is 5.99. The predicted octanol–water partition coefficient (Wildman–Crippen LogP) is 2.14. The number of primary amides is 1. The highest BCUT2D eigenvalue weighted by Crippen LogP contribution is 2.20. The maximum Gasteiger partial charge on any atom is 0.251 e. The van der Waals surface area contributed by atoms with Crippen molar-refractivity contribution in [1.82, 2.24) is 26.3 Å². The van der Waals surface area contributed by atoms with Gasteiger partial charge in [0.15, 0.2) is 11.7 Å². The number of amides is 5. The number of Topliss-reactive ketones (excluding diaryl/α,β-unsaturated/α-hetero) is 1. The predicted molar refractivity (Wildman–Crippen MR) is 218 cm³/mol. The number of H-pyrrole nitrogens is 1. The Morgan fingerprint density at radius 3 is 2.10 bits per heavy atom. The monoisotopic (exact) mass is 797 g/mol. The SMILES string of the molecule is CC(C)C[C@H](CC(=O)CNC(=O)[C@H](Cc1ccccc1)NC(=O)c1ccc(F)cc1)C(=O)N[C@@H](CCCN=C(N)N)C(=O)N[C@@H](Cc1c[nH]c2ccccc12)C(N)=O. The van der Waals surface area contributed by atoms with E-state index in [-0.39, 0.29) is 56.1 Å². The Kier molecular flexibility index (Phi) is 16.5. The molecule has 58 heavy (non-hydrogen) atoms. The number of carbonyl (C=O) groups excluding carboxylic acids is 6. The molecular weight excluding hydrogens is 746 g/mol. The van der Waals surface area contributed by atoms with Gasteiger partial charge in [0.05, 0.1) is 6.54 Å². The lowest BCUT2D eigenvalue weighted by Gasteiger charge is -2.25. The second-order valence-electron chi connectivity index (χ2n) is 14.5. The third-order valence-electron chi connectivity index (χ3n) is 9.41. The summed E-state index contributed by atoms with van der Waals surface area (Å²) in [7, 11) is 0. The number of benzene rings is 3. The van der Waals surface area contributed by atoms with E-state index in [0.717, 1.165) is 34.2 Å². The number of hydrogen-bond donors (Lipinski definition) is 8. The number of ketones is 1. The molecule has 0 spiro atoms. The Labute approximate surface area is 336 Å². The van der Waals surface area contributed by atoms with Gasteiger partial charge < -0.3 is 43.5 Å². The number of para-hydroxylation sites is 1. The molecule has 0 saturated carbocycles. The highest BCUT2D eigenvalue weighted by atomic mass is 19.1. The van der Waals surface area contributed by atoms with Crippen LogP contribution in [0.25, 0.3) is 10.9 Å². The number of nitrogens with one attached hydrogen (secondary N) is 5. The first-order valence-electron chi connectivity index (χ1n) is 19.1. The summed E-state index contributed by atoms with van der Waals surface area (Å²) >= 11 is 0. The molecule has 4 atom stereocenters. The minimum Gasteiger partial charge on any atom is -0.370 e. The van der Waals surface area contributed by atoms with Gasteiger partial charge in [0, 0.05) is 54.4 Å². The highest BCUT2D eigenvalue weighted by Gasteiger charge is 2.31. The lowest BCUT2D eigenvalue weighted by atomic mass is 9.91. The molecule has 5 amide bonds. The van der Waals surface area contributed by atoms with Crippen LogP contribution in [0.15, 0.2) is 90.1 Å². The van der Waals surface area contributed by atoms with Crippen LogP contribution >= 0.6 is 0 Å². The van der Waals surface area contributed by atoms with Crippen LogP contribution < -0.4 is 38.5 Å². The molecule has 0 fully saturated rings. The van der Waals surface area contributed by atoms with E-state index in [0.29, 0.717) is 6.42 Å². The van der Waals surface area contributed by atoms with E-state index < -0.39 is 71.7 Å². The van der Waals surface area contributed by atoms with E-state index in [1.165, 1.54) is 12.1 Å². The normalized spacial score (nSPS) is 13.1. The Morgan fingerprint density at radius 2 is 1.43 bits per heavy atom. The molecule has 0 unspecified atom stereocenters. The summed E-state index contributed by atoms with van der Waals surface area (Å²) in [4.78, 5) is 87.0. The van der Waals surface area contributed by atoms with E-state index in [1.54, 1.807) is 30.5 Å². The standard InChI is InChI=1S/C42H52FN9O6/c1-25(2)19-28(21-31(53)24-49-40(57)36(20-26-9-4-3-5-10-26)52-38(55)27-14-16-30(43)17-15-27)39(56)50-34(13-8-18-47-42(45)46)41(58)51-35(37(44)54)22-29-23-48-33-12-7-6-11-32(29)33/h3-7,9-12,14-17,23,25,28,34-36,48H,8,13,18-22,24H2,1-2H3,(H2,44,54)(H,49,57)(H,50,56)(H,51,58)(H,52,55)(H4,45,46,47)/t28-,34+,35+,36+/m1/s1. The summed E-state index contributed by atoms with van der Waals surface area (Å²) in [6.07, 6.45) is 2.35. The van der Waals surface area contributed by atoms with Crippen LogP contribution in [0.2, 0.25) is 0 Å². The summed E-state index contributed by atoms with van der Waals surface area (Å²) in [6, 6.07) is 18.0. The van der Waals surface area contributed by atoms with Crippen molar-refractivity contribution >= 4 is 52.2 Å². The molecule has 1 aromatic heterocycles. The number of fused-ring (bicyclic) bond motifs is 1. The van der Waals surface area contributed by atoms with Crippen LogP contribution in [0.1, 0.15) is 61.0 Å². The van der Waals surface area contributed by atoms with Gasteiger partial charge in [0.2, 0.25) is 23.6 Å². The van der Waals surface area contributed by atoms with E-state index in [2.05, 4.69) is 31.2 Å². The van der Waals surface area contributed by atoms with Gasteiger partial charge in [0.1, 0.15) is 23.9 Å². The van der Waals surface area contributed by atoms with Gasteiger partial charge in [-0.3, -0.25) is 33.8 Å². The molecule has 0 bridgehead atoms. The molecular formula is C42H52FN9O6. The molecule has 308 valence electrons. The maximum atomic E-state index is 13.9. The fourth-order valence-electron chi connectivity index (χ4n) is 6.49. The van der Waals surface area contributed by atoms with Gasteiger partial charge in [-0.15, -0.1) is 0 Å². The molecule has 0 radical (unpaired) electrons. The van der Waals surface area contributed by atoms with Gasteiger partial charge in [-0.2, -0.15) is 0 Å². The molecule has 0 aliphatic rings. The summed E-state index contributed by atoms with van der Waals surface area (Å²) < 4.78 is 13.5. The fourth-order valence-corrected chi connectivity index (χ4v) is 6.49. The number of nitrogens with two attached hydrogens (primary N) is 3. The number of rotatable bonds is 22. The van der Waals surface area contributed by atoms with E-state index in [4.69, 9.17) is 17.2 Å². The smallest absolute Gasteiger partial charge is 0.251 e. The minimum atomic E-state index is -1.14. The molecule has 11 N–H and O–H groups in total. The van der Waals surface area contributed by atoms with Gasteiger partial charge in [-0.05, 0) is 66.6 Å². The molecule has 0 aliphatic heterocycles. The second kappa shape index (κ2) is 21.6. The summed E-state index contributed by atoms with van der Waals surface area (Å²) in [5.74, 6) is -5.26. The second-order valence-corrected chi connectivity index (χ2v) is 14.5. The average molecular weight is 798 g/mol. The number of aliphatic imine (C=N–C) groups is 1. The van der Waals surface area contributed by atoms with Crippen LogP contribution in [0.4, 0.5) is 4.39 Å². The average Bonchev–Trinajstić information content (AvgIpc) is 3.60. The quantitative estimate of drug-likeness (QED) is 0.0331. The van der Waals surface area contributed by atoms with E-state index in [9.17, 15) is 33.2 Å². The van der Waals surface area contributed by atoms with Crippen molar-refractivity contribution in [2.75, 3.05) is 13.1 Å².